The molecule has 1 aromatic carbocycles. The van der Waals surface area contributed by atoms with Crippen LogP contribution < -0.4 is 4.74 Å². The number of nitrogens with zero attached hydrogens (tertiary/aromatic N) is 1. The van der Waals surface area contributed by atoms with Gasteiger partial charge in [0.05, 0.1) is 31.5 Å². The third-order valence-electron chi connectivity index (χ3n) is 4.13. The Morgan fingerprint density at radius 2 is 1.59 bits per heavy atom. The number of hydrogen-bond donors (Lipinski definition) is 0. The van der Waals surface area contributed by atoms with E-state index in [1.165, 1.54) is 5.56 Å². The normalized spacial score (nSPS) is 12.2. The fourth-order valence-electron chi connectivity index (χ4n) is 2.78. The van der Waals surface area contributed by atoms with Crippen molar-refractivity contribution in [1.82, 2.24) is 4.98 Å². The van der Waals surface area contributed by atoms with Gasteiger partial charge in [0, 0.05) is 18.2 Å². The molecule has 0 atom stereocenters. The number of aromatic nitrogens is 1. The third kappa shape index (κ3) is 8.10. The lowest BCUT2D eigenvalue weighted by Gasteiger charge is -2.26. The molecular formula is C23H33NO3. The molecule has 0 fully saturated rings. The molecule has 27 heavy (non-hydrogen) atoms. The van der Waals surface area contributed by atoms with Crippen molar-refractivity contribution in [1.29, 1.82) is 0 Å². The minimum absolute atomic E-state index is 0.184. The predicted molar refractivity (Wildman–Crippen MR) is 109 cm³/mol. The summed E-state index contributed by atoms with van der Waals surface area (Å²) in [5.74, 6) is 0.611. The molecule has 0 spiro atoms. The fraction of sp³-hybridized carbons (Fsp3) is 0.522. The molecule has 0 radical (unpaired) electrons. The van der Waals surface area contributed by atoms with Gasteiger partial charge >= 0.3 is 0 Å². The summed E-state index contributed by atoms with van der Waals surface area (Å²) in [5.41, 5.74) is 2.81. The largest absolute Gasteiger partial charge is 0.481 e. The van der Waals surface area contributed by atoms with Crippen molar-refractivity contribution in [3.8, 4) is 5.88 Å². The molecule has 0 amide bonds. The second-order valence-corrected chi connectivity index (χ2v) is 8.43. The first-order valence-corrected chi connectivity index (χ1v) is 9.52. The van der Waals surface area contributed by atoms with Crippen LogP contribution in [0.4, 0.5) is 0 Å². The highest BCUT2D eigenvalue weighted by atomic mass is 16.5. The van der Waals surface area contributed by atoms with Gasteiger partial charge in [-0.3, -0.25) is 0 Å². The first-order valence-electron chi connectivity index (χ1n) is 9.52. The quantitative estimate of drug-likeness (QED) is 0.623. The van der Waals surface area contributed by atoms with Crippen molar-refractivity contribution in [3.63, 3.8) is 0 Å². The van der Waals surface area contributed by atoms with Gasteiger partial charge in [-0.25, -0.2) is 4.98 Å². The van der Waals surface area contributed by atoms with Crippen molar-refractivity contribution in [2.45, 2.75) is 65.3 Å². The summed E-state index contributed by atoms with van der Waals surface area (Å²) in [5, 5.41) is 0. The van der Waals surface area contributed by atoms with Crippen LogP contribution in [-0.2, 0) is 28.9 Å². The maximum Gasteiger partial charge on any atom is 0.213 e. The van der Waals surface area contributed by atoms with E-state index < -0.39 is 0 Å². The van der Waals surface area contributed by atoms with Crippen LogP contribution in [0.1, 0.15) is 51.4 Å². The number of rotatable bonds is 9. The fourth-order valence-corrected chi connectivity index (χ4v) is 2.78. The summed E-state index contributed by atoms with van der Waals surface area (Å²) >= 11 is 0. The van der Waals surface area contributed by atoms with E-state index in [0.717, 1.165) is 17.7 Å². The minimum Gasteiger partial charge on any atom is -0.481 e. The molecule has 148 valence electrons. The van der Waals surface area contributed by atoms with E-state index in [0.29, 0.717) is 25.5 Å². The number of methoxy groups -OCH3 is 1. The Labute approximate surface area is 163 Å². The van der Waals surface area contributed by atoms with Crippen molar-refractivity contribution < 1.29 is 14.2 Å². The molecule has 2 aromatic rings. The van der Waals surface area contributed by atoms with Gasteiger partial charge in [-0.1, -0.05) is 30.3 Å². The summed E-state index contributed by atoms with van der Waals surface area (Å²) in [4.78, 5) is 4.59. The summed E-state index contributed by atoms with van der Waals surface area (Å²) in [7, 11) is 1.64. The van der Waals surface area contributed by atoms with E-state index in [4.69, 9.17) is 14.2 Å². The van der Waals surface area contributed by atoms with Crippen LogP contribution in [0.5, 0.6) is 5.88 Å². The van der Waals surface area contributed by atoms with Crippen molar-refractivity contribution >= 4 is 0 Å². The highest BCUT2D eigenvalue weighted by Crippen LogP contribution is 2.22. The Bertz CT molecular complexity index is 705. The molecule has 0 N–H and O–H groups in total. The summed E-state index contributed by atoms with van der Waals surface area (Å²) in [6, 6.07) is 14.4. The highest BCUT2D eigenvalue weighted by Gasteiger charge is 2.21. The lowest BCUT2D eigenvalue weighted by molar-refractivity contribution is -0.0177. The van der Waals surface area contributed by atoms with Crippen LogP contribution in [0.15, 0.2) is 42.5 Å². The smallest absolute Gasteiger partial charge is 0.213 e. The van der Waals surface area contributed by atoms with Crippen LogP contribution in [0, 0.1) is 0 Å². The van der Waals surface area contributed by atoms with Gasteiger partial charge in [0.25, 0.3) is 0 Å². The number of pyridine rings is 1. The van der Waals surface area contributed by atoms with Crippen LogP contribution in [-0.4, -0.2) is 29.9 Å². The maximum absolute atomic E-state index is 6.15. The number of ether oxygens (including phenoxy) is 3. The average Bonchev–Trinajstić information content (AvgIpc) is 2.59. The molecule has 0 aliphatic carbocycles. The summed E-state index contributed by atoms with van der Waals surface area (Å²) in [6.07, 6.45) is 1.61. The van der Waals surface area contributed by atoms with Crippen LogP contribution >= 0.6 is 0 Å². The number of benzene rings is 1. The van der Waals surface area contributed by atoms with Crippen molar-refractivity contribution in [3.05, 3.63) is 59.3 Å². The Kier molecular flexibility index (Phi) is 7.40. The minimum atomic E-state index is -0.309. The Morgan fingerprint density at radius 1 is 0.889 bits per heavy atom. The molecule has 0 aliphatic heterocycles. The molecule has 0 saturated carbocycles. The van der Waals surface area contributed by atoms with Crippen LogP contribution in [0.25, 0.3) is 0 Å². The molecule has 1 aromatic heterocycles. The highest BCUT2D eigenvalue weighted by molar-refractivity contribution is 5.25. The lowest BCUT2D eigenvalue weighted by Crippen LogP contribution is -2.29. The molecule has 0 aliphatic rings. The van der Waals surface area contributed by atoms with E-state index in [-0.39, 0.29) is 11.2 Å². The molecule has 0 bridgehead atoms. The SMILES string of the molecule is COc1cc(COC(C)(C)C)cc(CC(C)(C)OCCc2ccccc2)n1. The van der Waals surface area contributed by atoms with Gasteiger partial charge in [0.15, 0.2) is 0 Å². The van der Waals surface area contributed by atoms with Gasteiger partial charge < -0.3 is 14.2 Å². The average molecular weight is 372 g/mol. The zero-order valence-electron chi connectivity index (χ0n) is 17.5. The van der Waals surface area contributed by atoms with Crippen molar-refractivity contribution in [2.24, 2.45) is 0 Å². The second kappa shape index (κ2) is 9.34. The van der Waals surface area contributed by atoms with Gasteiger partial charge in [-0.15, -0.1) is 0 Å². The Balaban J connectivity index is 1.98. The lowest BCUT2D eigenvalue weighted by atomic mass is 10.0. The van der Waals surface area contributed by atoms with Gasteiger partial charge in [-0.2, -0.15) is 0 Å². The van der Waals surface area contributed by atoms with E-state index in [1.54, 1.807) is 7.11 Å². The molecule has 4 nitrogen and oxygen atoms in total. The molecule has 0 unspecified atom stereocenters. The zero-order valence-corrected chi connectivity index (χ0v) is 17.5. The third-order valence-corrected chi connectivity index (χ3v) is 4.13. The van der Waals surface area contributed by atoms with Crippen LogP contribution in [0.3, 0.4) is 0 Å². The predicted octanol–water partition coefficient (Wildman–Crippen LogP) is 4.99. The van der Waals surface area contributed by atoms with Gasteiger partial charge in [0.2, 0.25) is 5.88 Å². The molecule has 0 saturated heterocycles. The molecule has 4 heteroatoms. The number of hydrogen-bond acceptors (Lipinski definition) is 4. The van der Waals surface area contributed by atoms with E-state index in [1.807, 2.05) is 12.1 Å². The van der Waals surface area contributed by atoms with Gasteiger partial charge in [-0.05, 0) is 58.2 Å². The zero-order chi connectivity index (χ0) is 19.9. The maximum atomic E-state index is 6.15. The van der Waals surface area contributed by atoms with Crippen LogP contribution in [0.2, 0.25) is 0 Å². The molecule has 2 rings (SSSR count). The van der Waals surface area contributed by atoms with Gasteiger partial charge in [0.1, 0.15) is 0 Å². The van der Waals surface area contributed by atoms with E-state index >= 15 is 0 Å². The van der Waals surface area contributed by atoms with Crippen molar-refractivity contribution in [2.75, 3.05) is 13.7 Å². The topological polar surface area (TPSA) is 40.6 Å². The molecular weight excluding hydrogens is 338 g/mol. The molecule has 1 heterocycles. The Morgan fingerprint density at radius 3 is 2.22 bits per heavy atom. The Hall–Kier alpha value is -1.91. The standard InChI is InChI=1S/C23H33NO3/c1-22(2,3)27-17-19-14-20(24-21(15-19)25-6)16-23(4,5)26-13-12-18-10-8-7-9-11-18/h7-11,14-15H,12-13,16-17H2,1-6H3. The summed E-state index contributed by atoms with van der Waals surface area (Å²) < 4.78 is 17.4. The summed E-state index contributed by atoms with van der Waals surface area (Å²) in [6.45, 7) is 11.6. The van der Waals surface area contributed by atoms with E-state index in [2.05, 4.69) is 69.9 Å². The second-order valence-electron chi connectivity index (χ2n) is 8.43. The first-order chi connectivity index (χ1) is 12.7. The monoisotopic (exact) mass is 371 g/mol. The van der Waals surface area contributed by atoms with E-state index in [9.17, 15) is 0 Å². The first kappa shape index (κ1) is 21.4.